The number of nitrogens with zero attached hydrogens (tertiary/aromatic N) is 1. The van der Waals surface area contributed by atoms with Crippen molar-refractivity contribution in [2.75, 3.05) is 7.11 Å². The number of hydrogen-bond donors (Lipinski definition) is 0. The van der Waals surface area contributed by atoms with E-state index < -0.39 is 12.1 Å². The van der Waals surface area contributed by atoms with Gasteiger partial charge in [-0.3, -0.25) is 0 Å². The molecule has 0 aliphatic heterocycles. The van der Waals surface area contributed by atoms with Crippen molar-refractivity contribution in [3.63, 3.8) is 0 Å². The lowest BCUT2D eigenvalue weighted by atomic mass is 10.4. The number of carbonyl (C=O) groups excluding carboxylic acids is 1. The van der Waals surface area contributed by atoms with E-state index >= 15 is 0 Å². The van der Waals surface area contributed by atoms with Crippen molar-refractivity contribution < 1.29 is 14.4 Å². The number of esters is 1. The quantitative estimate of drug-likeness (QED) is 0.331. The van der Waals surface area contributed by atoms with E-state index in [0.717, 1.165) is 0 Å². The molecule has 0 radical (unpaired) electrons. The molecule has 0 saturated carbocycles. The van der Waals surface area contributed by atoms with Crippen LogP contribution in [-0.2, 0) is 14.4 Å². The normalized spacial score (nSPS) is 13.1. The third-order valence-electron chi connectivity index (χ3n) is 0.857. The maximum atomic E-state index is 10.6. The first-order valence-electron chi connectivity index (χ1n) is 2.94. The standard InChI is InChI=1S/C6H11NO3/c1-4-7-10-5(2)6(8)9-3/h4-5H,1-3H3. The van der Waals surface area contributed by atoms with Crippen molar-refractivity contribution in [2.45, 2.75) is 20.0 Å². The Labute approximate surface area is 59.8 Å². The number of oxime groups is 1. The first-order valence-corrected chi connectivity index (χ1v) is 2.94. The molecule has 0 heterocycles. The van der Waals surface area contributed by atoms with Crippen LogP contribution in [0.2, 0.25) is 0 Å². The molecule has 0 N–H and O–H groups in total. The Kier molecular flexibility index (Phi) is 4.28. The van der Waals surface area contributed by atoms with Gasteiger partial charge >= 0.3 is 5.97 Å². The summed E-state index contributed by atoms with van der Waals surface area (Å²) < 4.78 is 4.37. The molecule has 0 aliphatic rings. The number of rotatable bonds is 3. The van der Waals surface area contributed by atoms with Crippen molar-refractivity contribution in [1.29, 1.82) is 0 Å². The van der Waals surface area contributed by atoms with Crippen molar-refractivity contribution in [3.05, 3.63) is 0 Å². The smallest absolute Gasteiger partial charge is 0.349 e. The minimum absolute atomic E-state index is 0.425. The monoisotopic (exact) mass is 145 g/mol. The topological polar surface area (TPSA) is 47.9 Å². The second-order valence-electron chi connectivity index (χ2n) is 1.63. The highest BCUT2D eigenvalue weighted by Crippen LogP contribution is 1.92. The van der Waals surface area contributed by atoms with Crippen LogP contribution in [0.4, 0.5) is 0 Å². The minimum Gasteiger partial charge on any atom is -0.466 e. The van der Waals surface area contributed by atoms with Crippen LogP contribution >= 0.6 is 0 Å². The molecule has 0 amide bonds. The van der Waals surface area contributed by atoms with Crippen LogP contribution in [0.5, 0.6) is 0 Å². The Morgan fingerprint density at radius 1 is 1.70 bits per heavy atom. The first kappa shape index (κ1) is 8.94. The summed E-state index contributed by atoms with van der Waals surface area (Å²) in [5, 5.41) is 3.41. The fraction of sp³-hybridized carbons (Fsp3) is 0.667. The molecule has 0 spiro atoms. The zero-order chi connectivity index (χ0) is 7.98. The van der Waals surface area contributed by atoms with Gasteiger partial charge in [-0.2, -0.15) is 0 Å². The molecule has 1 unspecified atom stereocenters. The third kappa shape index (κ3) is 3.06. The van der Waals surface area contributed by atoms with Gasteiger partial charge in [-0.25, -0.2) is 4.79 Å². The predicted molar refractivity (Wildman–Crippen MR) is 36.7 cm³/mol. The molecule has 0 fully saturated rings. The predicted octanol–water partition coefficient (Wildman–Crippen LogP) is 0.570. The van der Waals surface area contributed by atoms with Gasteiger partial charge in [-0.15, -0.1) is 0 Å². The van der Waals surface area contributed by atoms with Crippen LogP contribution in [-0.4, -0.2) is 25.4 Å². The Bertz CT molecular complexity index is 133. The Balaban J connectivity index is 3.61. The van der Waals surface area contributed by atoms with Gasteiger partial charge in [0.05, 0.1) is 7.11 Å². The van der Waals surface area contributed by atoms with E-state index in [0.29, 0.717) is 0 Å². The average Bonchev–Trinajstić information content (AvgIpc) is 1.98. The summed E-state index contributed by atoms with van der Waals surface area (Å²) in [6.07, 6.45) is 0.834. The molecule has 4 nitrogen and oxygen atoms in total. The SMILES string of the molecule is CC=NOC(C)C(=O)OC. The lowest BCUT2D eigenvalue weighted by Crippen LogP contribution is -2.19. The molecule has 0 aromatic carbocycles. The van der Waals surface area contributed by atoms with E-state index in [1.165, 1.54) is 13.3 Å². The molecular formula is C6H11NO3. The van der Waals surface area contributed by atoms with E-state index in [1.54, 1.807) is 13.8 Å². The Morgan fingerprint density at radius 3 is 2.70 bits per heavy atom. The highest BCUT2D eigenvalue weighted by molar-refractivity contribution is 5.74. The van der Waals surface area contributed by atoms with Crippen molar-refractivity contribution in [2.24, 2.45) is 5.16 Å². The molecule has 0 aromatic rings. The third-order valence-corrected chi connectivity index (χ3v) is 0.857. The fourth-order valence-corrected chi connectivity index (χ4v) is 0.361. The van der Waals surface area contributed by atoms with Gasteiger partial charge in [0.15, 0.2) is 0 Å². The van der Waals surface area contributed by atoms with E-state index in [4.69, 9.17) is 0 Å². The molecule has 0 rings (SSSR count). The van der Waals surface area contributed by atoms with Crippen LogP contribution in [0, 0.1) is 0 Å². The van der Waals surface area contributed by atoms with Crippen LogP contribution in [0.25, 0.3) is 0 Å². The van der Waals surface area contributed by atoms with Crippen LogP contribution in [0.3, 0.4) is 0 Å². The largest absolute Gasteiger partial charge is 0.466 e. The van der Waals surface area contributed by atoms with E-state index in [2.05, 4.69) is 14.7 Å². The van der Waals surface area contributed by atoms with Gasteiger partial charge in [0.1, 0.15) is 0 Å². The first-order chi connectivity index (χ1) is 4.72. The van der Waals surface area contributed by atoms with Crippen molar-refractivity contribution in [3.8, 4) is 0 Å². The number of ether oxygens (including phenoxy) is 1. The summed E-state index contributed by atoms with van der Waals surface area (Å²) in [6.45, 7) is 3.27. The van der Waals surface area contributed by atoms with Crippen molar-refractivity contribution in [1.82, 2.24) is 0 Å². The van der Waals surface area contributed by atoms with Crippen molar-refractivity contribution >= 4 is 12.2 Å². The molecule has 0 aliphatic carbocycles. The van der Waals surface area contributed by atoms with Crippen LogP contribution in [0.15, 0.2) is 5.16 Å². The molecule has 0 bridgehead atoms. The van der Waals surface area contributed by atoms with E-state index in [1.807, 2.05) is 0 Å². The van der Waals surface area contributed by atoms with Gasteiger partial charge < -0.3 is 9.57 Å². The number of methoxy groups -OCH3 is 1. The Morgan fingerprint density at radius 2 is 2.30 bits per heavy atom. The van der Waals surface area contributed by atoms with Gasteiger partial charge in [-0.05, 0) is 13.8 Å². The summed E-state index contributed by atoms with van der Waals surface area (Å²) in [6, 6.07) is 0. The lowest BCUT2D eigenvalue weighted by Gasteiger charge is -2.04. The summed E-state index contributed by atoms with van der Waals surface area (Å²) >= 11 is 0. The summed E-state index contributed by atoms with van der Waals surface area (Å²) in [5.41, 5.74) is 0. The highest BCUT2D eigenvalue weighted by atomic mass is 16.7. The zero-order valence-electron chi connectivity index (χ0n) is 6.33. The molecule has 1 atom stereocenters. The molecule has 0 aromatic heterocycles. The second-order valence-corrected chi connectivity index (χ2v) is 1.63. The minimum atomic E-state index is -0.624. The van der Waals surface area contributed by atoms with Gasteiger partial charge in [0, 0.05) is 6.21 Å². The molecule has 0 saturated heterocycles. The van der Waals surface area contributed by atoms with E-state index in [9.17, 15) is 4.79 Å². The van der Waals surface area contributed by atoms with E-state index in [-0.39, 0.29) is 0 Å². The van der Waals surface area contributed by atoms with Gasteiger partial charge in [0.2, 0.25) is 6.10 Å². The Hall–Kier alpha value is -1.06. The summed E-state index contributed by atoms with van der Waals surface area (Å²) in [7, 11) is 1.30. The fourth-order valence-electron chi connectivity index (χ4n) is 0.361. The summed E-state index contributed by atoms with van der Waals surface area (Å²) in [4.78, 5) is 15.2. The molecule has 4 heteroatoms. The van der Waals surface area contributed by atoms with Crippen LogP contribution < -0.4 is 0 Å². The second kappa shape index (κ2) is 4.78. The molecule has 58 valence electrons. The van der Waals surface area contributed by atoms with Crippen LogP contribution in [0.1, 0.15) is 13.8 Å². The lowest BCUT2D eigenvalue weighted by molar-refractivity contribution is -0.152. The van der Waals surface area contributed by atoms with Gasteiger partial charge in [-0.1, -0.05) is 5.16 Å². The summed E-state index contributed by atoms with van der Waals surface area (Å²) in [5.74, 6) is -0.425. The average molecular weight is 145 g/mol. The zero-order valence-corrected chi connectivity index (χ0v) is 6.33. The maximum absolute atomic E-state index is 10.6. The number of carbonyl (C=O) groups is 1. The maximum Gasteiger partial charge on any atom is 0.349 e. The molecular weight excluding hydrogens is 134 g/mol. The highest BCUT2D eigenvalue weighted by Gasteiger charge is 2.12. The van der Waals surface area contributed by atoms with Gasteiger partial charge in [0.25, 0.3) is 0 Å². The number of hydrogen-bond acceptors (Lipinski definition) is 4. The molecule has 10 heavy (non-hydrogen) atoms.